The number of allylic oxidation sites excluding steroid dienone is 1. The third kappa shape index (κ3) is 3.88. The molecule has 0 amide bonds. The Morgan fingerprint density at radius 2 is 2.00 bits per heavy atom. The zero-order chi connectivity index (χ0) is 15.2. The first kappa shape index (κ1) is 15.6. The van der Waals surface area contributed by atoms with Crippen LogP contribution in [-0.4, -0.2) is 6.21 Å². The Kier molecular flexibility index (Phi) is 5.45. The van der Waals surface area contributed by atoms with Crippen LogP contribution in [0.3, 0.4) is 0 Å². The van der Waals surface area contributed by atoms with Gasteiger partial charge >= 0.3 is 0 Å². The van der Waals surface area contributed by atoms with Crippen LogP contribution in [-0.2, 0) is 0 Å². The number of thiophene rings is 1. The van der Waals surface area contributed by atoms with Gasteiger partial charge in [0.2, 0.25) is 0 Å². The van der Waals surface area contributed by atoms with Crippen molar-refractivity contribution in [2.75, 3.05) is 0 Å². The molecule has 0 unspecified atom stereocenters. The molecule has 110 valence electrons. The molecule has 0 aliphatic heterocycles. The lowest BCUT2D eigenvalue weighted by Gasteiger charge is -2.02. The quantitative estimate of drug-likeness (QED) is 0.541. The highest BCUT2D eigenvalue weighted by atomic mass is 32.1. The SMILES string of the molecule is C=C(CCC)c1sc(-c2ccc(F)cc2)cc1N=CCC. The first-order chi connectivity index (χ1) is 10.2. The molecule has 0 saturated carbocycles. The van der Waals surface area contributed by atoms with Gasteiger partial charge in [-0.05, 0) is 42.2 Å². The maximum Gasteiger partial charge on any atom is 0.123 e. The van der Waals surface area contributed by atoms with Gasteiger partial charge in [-0.15, -0.1) is 11.3 Å². The summed E-state index contributed by atoms with van der Waals surface area (Å²) in [5.74, 6) is -0.213. The fraction of sp³-hybridized carbons (Fsp3) is 0.278. The van der Waals surface area contributed by atoms with E-state index >= 15 is 0 Å². The molecule has 0 aliphatic carbocycles. The first-order valence-corrected chi connectivity index (χ1v) is 8.07. The van der Waals surface area contributed by atoms with Crippen LogP contribution >= 0.6 is 11.3 Å². The smallest absolute Gasteiger partial charge is 0.123 e. The Morgan fingerprint density at radius 1 is 1.29 bits per heavy atom. The highest BCUT2D eigenvalue weighted by Gasteiger charge is 2.12. The molecule has 0 radical (unpaired) electrons. The predicted molar refractivity (Wildman–Crippen MR) is 92.1 cm³/mol. The van der Waals surface area contributed by atoms with E-state index in [-0.39, 0.29) is 5.82 Å². The minimum Gasteiger partial charge on any atom is -0.260 e. The lowest BCUT2D eigenvalue weighted by atomic mass is 10.1. The molecule has 0 spiro atoms. The third-order valence-electron chi connectivity index (χ3n) is 3.13. The molecule has 1 nitrogen and oxygen atoms in total. The molecule has 2 rings (SSSR count). The number of hydrogen-bond acceptors (Lipinski definition) is 2. The van der Waals surface area contributed by atoms with Gasteiger partial charge in [-0.25, -0.2) is 4.39 Å². The topological polar surface area (TPSA) is 12.4 Å². The number of halogens is 1. The molecule has 3 heteroatoms. The van der Waals surface area contributed by atoms with E-state index in [0.29, 0.717) is 0 Å². The number of rotatable bonds is 6. The summed E-state index contributed by atoms with van der Waals surface area (Å²) in [6.45, 7) is 8.40. The number of aliphatic imine (C=N–C) groups is 1. The molecule has 21 heavy (non-hydrogen) atoms. The van der Waals surface area contributed by atoms with Crippen LogP contribution in [0.25, 0.3) is 16.0 Å². The van der Waals surface area contributed by atoms with Gasteiger partial charge in [0.15, 0.2) is 0 Å². The molecule has 1 aromatic carbocycles. The van der Waals surface area contributed by atoms with Gasteiger partial charge in [-0.1, -0.05) is 39.0 Å². The number of nitrogens with zero attached hydrogens (tertiary/aromatic N) is 1. The summed E-state index contributed by atoms with van der Waals surface area (Å²) >= 11 is 1.68. The second kappa shape index (κ2) is 7.32. The summed E-state index contributed by atoms with van der Waals surface area (Å²) in [7, 11) is 0. The molecule has 0 saturated heterocycles. The van der Waals surface area contributed by atoms with Crippen molar-refractivity contribution >= 4 is 28.8 Å². The van der Waals surface area contributed by atoms with Crippen molar-refractivity contribution in [2.45, 2.75) is 33.1 Å². The van der Waals surface area contributed by atoms with Gasteiger partial charge in [0.1, 0.15) is 5.82 Å². The molecule has 0 aliphatic rings. The van der Waals surface area contributed by atoms with E-state index in [0.717, 1.165) is 45.8 Å². The van der Waals surface area contributed by atoms with Crippen molar-refractivity contribution in [1.29, 1.82) is 0 Å². The van der Waals surface area contributed by atoms with Crippen molar-refractivity contribution in [1.82, 2.24) is 0 Å². The predicted octanol–water partition coefficient (Wildman–Crippen LogP) is 6.48. The molecular weight excluding hydrogens is 281 g/mol. The van der Waals surface area contributed by atoms with E-state index in [2.05, 4.69) is 31.5 Å². The average Bonchev–Trinajstić information content (AvgIpc) is 2.90. The second-order valence-electron chi connectivity index (χ2n) is 4.91. The molecule has 1 heterocycles. The molecule has 0 atom stereocenters. The van der Waals surface area contributed by atoms with Crippen LogP contribution in [0.4, 0.5) is 10.1 Å². The van der Waals surface area contributed by atoms with E-state index in [1.54, 1.807) is 23.5 Å². The van der Waals surface area contributed by atoms with E-state index in [1.807, 2.05) is 6.21 Å². The first-order valence-electron chi connectivity index (χ1n) is 7.26. The fourth-order valence-corrected chi connectivity index (χ4v) is 3.20. The molecular formula is C18H20FNS. The Morgan fingerprint density at radius 3 is 2.62 bits per heavy atom. The lowest BCUT2D eigenvalue weighted by Crippen LogP contribution is -1.78. The fourth-order valence-electron chi connectivity index (χ4n) is 2.09. The van der Waals surface area contributed by atoms with E-state index in [4.69, 9.17) is 0 Å². The monoisotopic (exact) mass is 301 g/mol. The maximum atomic E-state index is 13.0. The molecule has 0 bridgehead atoms. The summed E-state index contributed by atoms with van der Waals surface area (Å²) in [4.78, 5) is 6.78. The largest absolute Gasteiger partial charge is 0.260 e. The zero-order valence-electron chi connectivity index (χ0n) is 12.5. The van der Waals surface area contributed by atoms with Crippen LogP contribution in [0.1, 0.15) is 38.0 Å². The molecule has 0 fully saturated rings. The summed E-state index contributed by atoms with van der Waals surface area (Å²) < 4.78 is 13.0. The van der Waals surface area contributed by atoms with Crippen molar-refractivity contribution in [2.24, 2.45) is 4.99 Å². The summed E-state index contributed by atoms with van der Waals surface area (Å²) in [6.07, 6.45) is 4.86. The van der Waals surface area contributed by atoms with Crippen LogP contribution in [0, 0.1) is 5.82 Å². The van der Waals surface area contributed by atoms with Gasteiger partial charge in [0, 0.05) is 11.1 Å². The van der Waals surface area contributed by atoms with Crippen LogP contribution in [0.2, 0.25) is 0 Å². The number of hydrogen-bond donors (Lipinski definition) is 0. The van der Waals surface area contributed by atoms with Crippen molar-refractivity contribution in [3.05, 3.63) is 47.6 Å². The highest BCUT2D eigenvalue weighted by molar-refractivity contribution is 7.17. The van der Waals surface area contributed by atoms with Gasteiger partial charge in [-0.2, -0.15) is 0 Å². The normalized spacial score (nSPS) is 11.2. The Hall–Kier alpha value is -1.74. The average molecular weight is 301 g/mol. The Balaban J connectivity index is 2.41. The van der Waals surface area contributed by atoms with E-state index < -0.39 is 0 Å². The Labute approximate surface area is 129 Å². The maximum absolute atomic E-state index is 13.0. The standard InChI is InChI=1S/C18H20FNS/c1-4-6-13(3)18-16(20-11-5-2)12-17(21-18)14-7-9-15(19)10-8-14/h7-12H,3-6H2,1-2H3. The second-order valence-corrected chi connectivity index (χ2v) is 5.96. The van der Waals surface area contributed by atoms with Crippen LogP contribution in [0.5, 0.6) is 0 Å². The summed E-state index contributed by atoms with van der Waals surface area (Å²) in [5.41, 5.74) is 3.11. The van der Waals surface area contributed by atoms with Crippen LogP contribution < -0.4 is 0 Å². The van der Waals surface area contributed by atoms with Crippen molar-refractivity contribution in [3.63, 3.8) is 0 Å². The van der Waals surface area contributed by atoms with Crippen LogP contribution in [0.15, 0.2) is 41.9 Å². The van der Waals surface area contributed by atoms with Gasteiger partial charge < -0.3 is 0 Å². The van der Waals surface area contributed by atoms with E-state index in [1.165, 1.54) is 12.1 Å². The van der Waals surface area contributed by atoms with Gasteiger partial charge in [-0.3, -0.25) is 4.99 Å². The van der Waals surface area contributed by atoms with E-state index in [9.17, 15) is 4.39 Å². The van der Waals surface area contributed by atoms with Gasteiger partial charge in [0.25, 0.3) is 0 Å². The zero-order valence-corrected chi connectivity index (χ0v) is 13.3. The summed E-state index contributed by atoms with van der Waals surface area (Å²) in [5, 5.41) is 0. The molecule has 1 aromatic heterocycles. The third-order valence-corrected chi connectivity index (χ3v) is 4.40. The minimum atomic E-state index is -0.213. The lowest BCUT2D eigenvalue weighted by molar-refractivity contribution is 0.628. The Bertz CT molecular complexity index is 638. The molecule has 2 aromatic rings. The minimum absolute atomic E-state index is 0.213. The van der Waals surface area contributed by atoms with Gasteiger partial charge in [0.05, 0.1) is 10.6 Å². The summed E-state index contributed by atoms with van der Waals surface area (Å²) in [6, 6.07) is 8.66. The number of benzene rings is 1. The van der Waals surface area contributed by atoms with Crippen molar-refractivity contribution < 1.29 is 4.39 Å². The van der Waals surface area contributed by atoms with Crippen molar-refractivity contribution in [3.8, 4) is 10.4 Å². The molecule has 0 N–H and O–H groups in total. The highest BCUT2D eigenvalue weighted by Crippen LogP contribution is 2.41.